The summed E-state index contributed by atoms with van der Waals surface area (Å²) in [7, 11) is 0. The van der Waals surface area contributed by atoms with Crippen molar-refractivity contribution in [2.75, 3.05) is 5.73 Å². The molecule has 19 heavy (non-hydrogen) atoms. The van der Waals surface area contributed by atoms with E-state index in [1.54, 1.807) is 10.9 Å². The van der Waals surface area contributed by atoms with E-state index in [1.165, 1.54) is 0 Å². The molecule has 0 atom stereocenters. The minimum absolute atomic E-state index is 0.715. The van der Waals surface area contributed by atoms with Crippen LogP contribution < -0.4 is 5.73 Å². The topological polar surface area (TPSA) is 43.8 Å². The maximum Gasteiger partial charge on any atom is 0.0666 e. The van der Waals surface area contributed by atoms with Gasteiger partial charge in [0.15, 0.2) is 0 Å². The molecule has 3 rings (SSSR count). The smallest absolute Gasteiger partial charge is 0.0666 e. The van der Waals surface area contributed by atoms with Crippen molar-refractivity contribution in [3.8, 4) is 16.8 Å². The minimum atomic E-state index is 0.715. The fourth-order valence-electron chi connectivity index (χ4n) is 1.97. The van der Waals surface area contributed by atoms with Gasteiger partial charge in [-0.1, -0.05) is 35.9 Å². The van der Waals surface area contributed by atoms with Crippen LogP contribution in [0.25, 0.3) is 16.8 Å². The van der Waals surface area contributed by atoms with Gasteiger partial charge in [0.05, 0.1) is 11.9 Å². The Morgan fingerprint density at radius 3 is 2.68 bits per heavy atom. The number of nitrogens with zero attached hydrogens (tertiary/aromatic N) is 2. The second-order valence-corrected chi connectivity index (χ2v) is 4.66. The van der Waals surface area contributed by atoms with E-state index in [-0.39, 0.29) is 0 Å². The molecular formula is C15H12ClN3. The summed E-state index contributed by atoms with van der Waals surface area (Å²) in [6, 6.07) is 15.3. The Morgan fingerprint density at radius 1 is 1.05 bits per heavy atom. The molecule has 3 nitrogen and oxygen atoms in total. The first-order chi connectivity index (χ1) is 9.24. The highest BCUT2D eigenvalue weighted by molar-refractivity contribution is 6.33. The highest BCUT2D eigenvalue weighted by Gasteiger charge is 2.06. The van der Waals surface area contributed by atoms with Crippen LogP contribution in [0.15, 0.2) is 60.9 Å². The lowest BCUT2D eigenvalue weighted by atomic mass is 10.1. The number of rotatable bonds is 2. The Kier molecular flexibility index (Phi) is 2.97. The van der Waals surface area contributed by atoms with Crippen molar-refractivity contribution in [1.82, 2.24) is 9.78 Å². The van der Waals surface area contributed by atoms with Gasteiger partial charge < -0.3 is 5.73 Å². The molecule has 3 aromatic rings. The number of nitrogens with two attached hydrogens (primary N) is 1. The molecule has 0 aliphatic carbocycles. The van der Waals surface area contributed by atoms with Crippen molar-refractivity contribution in [3.63, 3.8) is 0 Å². The van der Waals surface area contributed by atoms with Crippen LogP contribution in [-0.4, -0.2) is 9.78 Å². The molecular weight excluding hydrogens is 258 g/mol. The van der Waals surface area contributed by atoms with E-state index < -0.39 is 0 Å². The summed E-state index contributed by atoms with van der Waals surface area (Å²) in [5, 5.41) is 5.06. The van der Waals surface area contributed by atoms with Crippen LogP contribution in [-0.2, 0) is 0 Å². The normalized spacial score (nSPS) is 10.6. The first kappa shape index (κ1) is 11.8. The average Bonchev–Trinajstić information content (AvgIpc) is 2.89. The summed E-state index contributed by atoms with van der Waals surface area (Å²) in [6.07, 6.45) is 3.74. The zero-order valence-electron chi connectivity index (χ0n) is 10.1. The van der Waals surface area contributed by atoms with E-state index in [2.05, 4.69) is 5.10 Å². The van der Waals surface area contributed by atoms with Crippen molar-refractivity contribution in [3.05, 3.63) is 65.9 Å². The third-order valence-corrected chi connectivity index (χ3v) is 3.23. The molecule has 0 amide bonds. The molecule has 0 aliphatic rings. The van der Waals surface area contributed by atoms with E-state index in [9.17, 15) is 0 Å². The van der Waals surface area contributed by atoms with Crippen LogP contribution in [0, 0.1) is 0 Å². The molecule has 0 fully saturated rings. The van der Waals surface area contributed by atoms with Crippen LogP contribution in [0.3, 0.4) is 0 Å². The maximum absolute atomic E-state index is 6.18. The number of nitrogen functional groups attached to an aromatic ring is 1. The van der Waals surface area contributed by atoms with Crippen molar-refractivity contribution in [1.29, 1.82) is 0 Å². The molecule has 94 valence electrons. The number of aromatic nitrogens is 2. The molecule has 0 unspecified atom stereocenters. The first-order valence-corrected chi connectivity index (χ1v) is 6.27. The lowest BCUT2D eigenvalue weighted by Gasteiger charge is -2.02. The van der Waals surface area contributed by atoms with Gasteiger partial charge in [-0.05, 0) is 24.3 Å². The lowest BCUT2D eigenvalue weighted by Crippen LogP contribution is -1.95. The van der Waals surface area contributed by atoms with Gasteiger partial charge in [0.1, 0.15) is 0 Å². The Hall–Kier alpha value is -2.26. The van der Waals surface area contributed by atoms with Gasteiger partial charge >= 0.3 is 0 Å². The Balaban J connectivity index is 2.03. The average molecular weight is 270 g/mol. The second-order valence-electron chi connectivity index (χ2n) is 4.25. The van der Waals surface area contributed by atoms with Crippen molar-refractivity contribution in [2.24, 2.45) is 0 Å². The quantitative estimate of drug-likeness (QED) is 0.720. The Morgan fingerprint density at radius 2 is 1.89 bits per heavy atom. The van der Waals surface area contributed by atoms with Crippen molar-refractivity contribution < 1.29 is 0 Å². The molecule has 0 radical (unpaired) electrons. The molecule has 4 heteroatoms. The van der Waals surface area contributed by atoms with Crippen molar-refractivity contribution in [2.45, 2.75) is 0 Å². The number of benzene rings is 2. The van der Waals surface area contributed by atoms with Crippen LogP contribution >= 0.6 is 11.6 Å². The monoisotopic (exact) mass is 269 g/mol. The summed E-state index contributed by atoms with van der Waals surface area (Å²) in [5.41, 5.74) is 9.37. The standard InChI is InChI=1S/C15H12ClN3/c16-15-7-2-1-6-14(15)11-9-18-19(10-11)13-5-3-4-12(17)8-13/h1-10H,17H2. The number of anilines is 1. The zero-order valence-corrected chi connectivity index (χ0v) is 10.9. The molecule has 2 N–H and O–H groups in total. The second kappa shape index (κ2) is 4.78. The summed E-state index contributed by atoms with van der Waals surface area (Å²) in [6.45, 7) is 0. The summed E-state index contributed by atoms with van der Waals surface area (Å²) in [5.74, 6) is 0. The maximum atomic E-state index is 6.18. The van der Waals surface area contributed by atoms with Gasteiger partial charge in [-0.15, -0.1) is 0 Å². The number of hydrogen-bond donors (Lipinski definition) is 1. The van der Waals surface area contributed by atoms with Crippen molar-refractivity contribution >= 4 is 17.3 Å². The summed E-state index contributed by atoms with van der Waals surface area (Å²) in [4.78, 5) is 0. The summed E-state index contributed by atoms with van der Waals surface area (Å²) >= 11 is 6.18. The van der Waals surface area contributed by atoms with Crippen LogP contribution in [0.2, 0.25) is 5.02 Å². The Labute approximate surface area is 116 Å². The van der Waals surface area contributed by atoms with E-state index in [1.807, 2.05) is 54.7 Å². The van der Waals surface area contributed by atoms with Gasteiger partial charge in [-0.2, -0.15) is 5.10 Å². The van der Waals surface area contributed by atoms with Gasteiger partial charge in [-0.25, -0.2) is 4.68 Å². The SMILES string of the molecule is Nc1cccc(-n2cc(-c3ccccc3Cl)cn2)c1. The third-order valence-electron chi connectivity index (χ3n) is 2.90. The fraction of sp³-hybridized carbons (Fsp3) is 0. The van der Waals surface area contributed by atoms with E-state index >= 15 is 0 Å². The van der Waals surface area contributed by atoms with E-state index in [0.717, 1.165) is 21.8 Å². The Bertz CT molecular complexity index is 719. The fourth-order valence-corrected chi connectivity index (χ4v) is 2.21. The number of hydrogen-bond acceptors (Lipinski definition) is 2. The largest absolute Gasteiger partial charge is 0.399 e. The molecule has 0 aliphatic heterocycles. The predicted molar refractivity (Wildman–Crippen MR) is 78.4 cm³/mol. The molecule has 0 saturated carbocycles. The van der Waals surface area contributed by atoms with Crippen LogP contribution in [0.4, 0.5) is 5.69 Å². The van der Waals surface area contributed by atoms with Crippen LogP contribution in [0.5, 0.6) is 0 Å². The predicted octanol–water partition coefficient (Wildman–Crippen LogP) is 3.77. The minimum Gasteiger partial charge on any atom is -0.399 e. The van der Waals surface area contributed by atoms with Gasteiger partial charge in [0.25, 0.3) is 0 Å². The van der Waals surface area contributed by atoms with Gasteiger partial charge in [0, 0.05) is 28.0 Å². The molecule has 1 aromatic heterocycles. The molecule has 0 saturated heterocycles. The molecule has 2 aromatic carbocycles. The summed E-state index contributed by atoms with van der Waals surface area (Å²) < 4.78 is 1.79. The number of halogens is 1. The zero-order chi connectivity index (χ0) is 13.2. The third kappa shape index (κ3) is 2.33. The lowest BCUT2D eigenvalue weighted by molar-refractivity contribution is 0.881. The molecule has 0 bridgehead atoms. The molecule has 0 spiro atoms. The van der Waals surface area contributed by atoms with Crippen LogP contribution in [0.1, 0.15) is 0 Å². The highest BCUT2D eigenvalue weighted by atomic mass is 35.5. The molecule has 1 heterocycles. The highest BCUT2D eigenvalue weighted by Crippen LogP contribution is 2.27. The first-order valence-electron chi connectivity index (χ1n) is 5.89. The van der Waals surface area contributed by atoms with E-state index in [4.69, 9.17) is 17.3 Å². The van der Waals surface area contributed by atoms with Gasteiger partial charge in [-0.3, -0.25) is 0 Å². The van der Waals surface area contributed by atoms with Gasteiger partial charge in [0.2, 0.25) is 0 Å². The van der Waals surface area contributed by atoms with E-state index in [0.29, 0.717) is 5.69 Å².